The molecular weight excluding hydrogens is 504 g/mol. The Hall–Kier alpha value is -5.38. The number of hydrogen-bond acceptors (Lipinski definition) is 7. The fourth-order valence-electron chi connectivity index (χ4n) is 3.95. The number of hydrogen-bond donors (Lipinski definition) is 3. The van der Waals surface area contributed by atoms with Crippen molar-refractivity contribution in [2.45, 2.75) is 13.0 Å². The van der Waals surface area contributed by atoms with Crippen molar-refractivity contribution in [2.24, 2.45) is 0 Å². The molecule has 0 aliphatic carbocycles. The van der Waals surface area contributed by atoms with E-state index in [-0.39, 0.29) is 29.2 Å². The number of carbonyl (C=O) groups excluding carboxylic acids is 3. The molecule has 1 aliphatic heterocycles. The number of imide groups is 2. The first-order valence-corrected chi connectivity index (χ1v) is 11.7. The third-order valence-corrected chi connectivity index (χ3v) is 5.84. The number of barbiturate groups is 1. The molecule has 0 spiro atoms. The topological polar surface area (TPSA) is 142 Å². The van der Waals surface area contributed by atoms with Crippen LogP contribution in [0.4, 0.5) is 10.5 Å². The molecule has 1 heterocycles. The molecule has 10 nitrogen and oxygen atoms in total. The fraction of sp³-hybridized carbons (Fsp3) is 0.103. The van der Waals surface area contributed by atoms with E-state index in [0.29, 0.717) is 29.0 Å². The normalized spacial score (nSPS) is 14.2. The van der Waals surface area contributed by atoms with Gasteiger partial charge < -0.3 is 19.7 Å². The number of urea groups is 1. The van der Waals surface area contributed by atoms with E-state index in [0.717, 1.165) is 10.5 Å². The summed E-state index contributed by atoms with van der Waals surface area (Å²) in [6.07, 6.45) is 3.38. The lowest BCUT2D eigenvalue weighted by atomic mass is 10.0. The third kappa shape index (κ3) is 5.80. The van der Waals surface area contributed by atoms with Gasteiger partial charge in [0.15, 0.2) is 11.5 Å². The number of carbonyl (C=O) groups is 4. The first-order valence-electron chi connectivity index (χ1n) is 11.7. The minimum Gasteiger partial charge on any atom is -0.508 e. The Kier molecular flexibility index (Phi) is 7.76. The number of phenolic OH excluding ortho intramolecular Hbond substituents is 1. The van der Waals surface area contributed by atoms with Gasteiger partial charge in [-0.05, 0) is 72.2 Å². The van der Waals surface area contributed by atoms with Crippen LogP contribution in [-0.4, -0.2) is 41.1 Å². The third-order valence-electron chi connectivity index (χ3n) is 5.84. The van der Waals surface area contributed by atoms with E-state index in [1.807, 2.05) is 0 Å². The smallest absolute Gasteiger partial charge is 0.335 e. The number of ether oxygens (including phenoxy) is 2. The minimum absolute atomic E-state index is 0.0446. The van der Waals surface area contributed by atoms with Crippen LogP contribution < -0.4 is 19.7 Å². The quantitative estimate of drug-likeness (QED) is 0.214. The molecule has 10 heteroatoms. The molecule has 0 radical (unpaired) electrons. The molecule has 3 aromatic carbocycles. The zero-order valence-corrected chi connectivity index (χ0v) is 20.8. The first kappa shape index (κ1) is 26.7. The zero-order valence-electron chi connectivity index (χ0n) is 20.8. The molecule has 39 heavy (non-hydrogen) atoms. The lowest BCUT2D eigenvalue weighted by molar-refractivity contribution is -0.122. The molecule has 4 rings (SSSR count). The molecule has 0 bridgehead atoms. The Morgan fingerprint density at radius 1 is 1.05 bits per heavy atom. The molecule has 1 aliphatic rings. The maximum Gasteiger partial charge on any atom is 0.335 e. The SMILES string of the molecule is C=CCc1cc(/C=C2\C(=O)NC(=O)N(c3ccc(O)cc3)C2=O)cc(OC)c1OCc1ccc(C(=O)O)cc1. The second kappa shape index (κ2) is 11.3. The van der Waals surface area contributed by atoms with E-state index in [4.69, 9.17) is 14.6 Å². The molecule has 0 atom stereocenters. The summed E-state index contributed by atoms with van der Waals surface area (Å²) in [4.78, 5) is 50.1. The number of nitrogens with one attached hydrogen (secondary N) is 1. The van der Waals surface area contributed by atoms with Gasteiger partial charge in [-0.1, -0.05) is 18.2 Å². The highest BCUT2D eigenvalue weighted by Gasteiger charge is 2.36. The summed E-state index contributed by atoms with van der Waals surface area (Å²) < 4.78 is 11.6. The van der Waals surface area contributed by atoms with Gasteiger partial charge in [0, 0.05) is 5.56 Å². The summed E-state index contributed by atoms with van der Waals surface area (Å²) in [5.41, 5.74) is 1.91. The number of amides is 4. The Morgan fingerprint density at radius 3 is 2.36 bits per heavy atom. The van der Waals surface area contributed by atoms with Crippen molar-refractivity contribution in [2.75, 3.05) is 12.0 Å². The number of anilines is 1. The predicted molar refractivity (Wildman–Crippen MR) is 142 cm³/mol. The van der Waals surface area contributed by atoms with Crippen molar-refractivity contribution in [3.05, 3.63) is 101 Å². The Labute approximate surface area is 223 Å². The number of rotatable bonds is 9. The van der Waals surface area contributed by atoms with Gasteiger partial charge in [-0.15, -0.1) is 6.58 Å². The van der Waals surface area contributed by atoms with Crippen LogP contribution in [0.5, 0.6) is 17.2 Å². The maximum atomic E-state index is 13.2. The van der Waals surface area contributed by atoms with Gasteiger partial charge in [-0.3, -0.25) is 14.9 Å². The molecule has 3 aromatic rings. The summed E-state index contributed by atoms with van der Waals surface area (Å²) in [7, 11) is 1.45. The fourth-order valence-corrected chi connectivity index (χ4v) is 3.95. The van der Waals surface area contributed by atoms with Crippen molar-refractivity contribution in [1.29, 1.82) is 0 Å². The van der Waals surface area contributed by atoms with Gasteiger partial charge in [0.25, 0.3) is 11.8 Å². The van der Waals surface area contributed by atoms with Gasteiger partial charge in [0.2, 0.25) is 0 Å². The summed E-state index contributed by atoms with van der Waals surface area (Å²) >= 11 is 0. The molecular formula is C29H24N2O8. The number of nitrogens with zero attached hydrogens (tertiary/aromatic N) is 1. The van der Waals surface area contributed by atoms with Gasteiger partial charge >= 0.3 is 12.0 Å². The van der Waals surface area contributed by atoms with Crippen molar-refractivity contribution in [1.82, 2.24) is 5.32 Å². The highest BCUT2D eigenvalue weighted by Crippen LogP contribution is 2.35. The predicted octanol–water partition coefficient (Wildman–Crippen LogP) is 4.07. The van der Waals surface area contributed by atoms with Crippen LogP contribution in [0.15, 0.2) is 78.9 Å². The molecule has 0 saturated carbocycles. The number of benzene rings is 3. The van der Waals surface area contributed by atoms with Gasteiger partial charge in [-0.25, -0.2) is 14.5 Å². The molecule has 4 amide bonds. The van der Waals surface area contributed by atoms with Crippen LogP contribution in [0, 0.1) is 0 Å². The van der Waals surface area contributed by atoms with Gasteiger partial charge in [0.1, 0.15) is 17.9 Å². The number of carboxylic acids is 1. The van der Waals surface area contributed by atoms with E-state index >= 15 is 0 Å². The van der Waals surface area contributed by atoms with Crippen LogP contribution >= 0.6 is 0 Å². The monoisotopic (exact) mass is 528 g/mol. The van der Waals surface area contributed by atoms with E-state index < -0.39 is 23.8 Å². The first-order chi connectivity index (χ1) is 18.7. The number of phenols is 1. The molecule has 1 fully saturated rings. The van der Waals surface area contributed by atoms with Crippen LogP contribution in [0.3, 0.4) is 0 Å². The number of allylic oxidation sites excluding steroid dienone is 1. The Bertz CT molecular complexity index is 1490. The van der Waals surface area contributed by atoms with Crippen molar-refractivity contribution < 1.29 is 38.9 Å². The van der Waals surface area contributed by atoms with Crippen LogP contribution in [0.2, 0.25) is 0 Å². The highest BCUT2D eigenvalue weighted by molar-refractivity contribution is 6.39. The average Bonchev–Trinajstić information content (AvgIpc) is 2.91. The minimum atomic E-state index is -1.03. The summed E-state index contributed by atoms with van der Waals surface area (Å²) in [5.74, 6) is -2.00. The lowest BCUT2D eigenvalue weighted by Crippen LogP contribution is -2.54. The Morgan fingerprint density at radius 2 is 1.74 bits per heavy atom. The van der Waals surface area contributed by atoms with E-state index in [2.05, 4.69) is 11.9 Å². The summed E-state index contributed by atoms with van der Waals surface area (Å²) in [6.45, 7) is 3.91. The average molecular weight is 529 g/mol. The van der Waals surface area contributed by atoms with Gasteiger partial charge in [0.05, 0.1) is 18.4 Å². The van der Waals surface area contributed by atoms with Crippen LogP contribution in [0.25, 0.3) is 6.08 Å². The highest BCUT2D eigenvalue weighted by atomic mass is 16.5. The number of aromatic carboxylic acids is 1. The van der Waals surface area contributed by atoms with Crippen molar-refractivity contribution in [3.8, 4) is 17.2 Å². The standard InChI is InChI=1S/C29H24N2O8/c1-3-4-20-13-18(15-24(38-2)25(20)39-16-17-5-7-19(8-6-17)28(35)36)14-23-26(33)30-29(37)31(27(23)34)21-9-11-22(32)12-10-21/h3,5-15,32H,1,4,16H2,2H3,(H,35,36)(H,30,33,37)/b23-14+. The number of carboxylic acid groups (broad SMARTS) is 1. The van der Waals surface area contributed by atoms with Crippen molar-refractivity contribution in [3.63, 3.8) is 0 Å². The summed E-state index contributed by atoms with van der Waals surface area (Å²) in [6, 6.07) is 14.1. The zero-order chi connectivity index (χ0) is 28.1. The summed E-state index contributed by atoms with van der Waals surface area (Å²) in [5, 5.41) is 20.8. The van der Waals surface area contributed by atoms with Gasteiger partial charge in [-0.2, -0.15) is 0 Å². The number of methoxy groups -OCH3 is 1. The van der Waals surface area contributed by atoms with Crippen molar-refractivity contribution >= 4 is 35.6 Å². The number of aromatic hydroxyl groups is 1. The Balaban J connectivity index is 1.66. The second-order valence-electron chi connectivity index (χ2n) is 8.47. The van der Waals surface area contributed by atoms with E-state index in [1.165, 1.54) is 49.6 Å². The van der Waals surface area contributed by atoms with Crippen LogP contribution in [-0.2, 0) is 22.6 Å². The van der Waals surface area contributed by atoms with Crippen LogP contribution in [0.1, 0.15) is 27.0 Å². The molecule has 1 saturated heterocycles. The van der Waals surface area contributed by atoms with E-state index in [9.17, 15) is 24.3 Å². The maximum absolute atomic E-state index is 13.2. The molecule has 198 valence electrons. The van der Waals surface area contributed by atoms with E-state index in [1.54, 1.807) is 30.3 Å². The molecule has 0 unspecified atom stereocenters. The molecule has 0 aromatic heterocycles. The second-order valence-corrected chi connectivity index (χ2v) is 8.47. The largest absolute Gasteiger partial charge is 0.508 e. The molecule has 3 N–H and O–H groups in total. The lowest BCUT2D eigenvalue weighted by Gasteiger charge is -2.26.